The molecule has 0 amide bonds. The second-order valence-electron chi connectivity index (χ2n) is 7.64. The summed E-state index contributed by atoms with van der Waals surface area (Å²) in [6.45, 7) is 5.23. The van der Waals surface area contributed by atoms with Crippen molar-refractivity contribution < 1.29 is 0 Å². The highest BCUT2D eigenvalue weighted by Gasteiger charge is 1.93. The molecule has 0 aliphatic rings. The first-order valence-electron chi connectivity index (χ1n) is 11.6. The Bertz CT molecular complexity index is 330. The van der Waals surface area contributed by atoms with Crippen LogP contribution in [0.15, 0.2) is 30.3 Å². The Labute approximate surface area is 165 Å². The number of benzene rings is 1. The van der Waals surface area contributed by atoms with Crippen LogP contribution in [0.1, 0.15) is 122 Å². The Hall–Kier alpha value is -0.820. The lowest BCUT2D eigenvalue weighted by Gasteiger charge is -2.03. The summed E-state index contributed by atoms with van der Waals surface area (Å²) in [6, 6.07) is 9.99. The molecule has 0 bridgehead atoms. The summed E-state index contributed by atoms with van der Waals surface area (Å²) in [6.07, 6.45) is 23.4. The minimum absolute atomic E-state index is 0.640. The minimum Gasteiger partial charge on any atom is -0.326 e. The van der Waals surface area contributed by atoms with Gasteiger partial charge in [0.15, 0.2) is 0 Å². The zero-order valence-corrected chi connectivity index (χ0v) is 18.0. The molecule has 0 aliphatic carbocycles. The standard InChI is InChI=1S/C18H38.C7H9N/c1-3-5-7-9-11-13-15-17-18-16-14-12-10-8-6-4-2;8-6-7-4-2-1-3-5-7/h3-18H2,1-2H3;1-5H,6,8H2. The zero-order chi connectivity index (χ0) is 19.1. The van der Waals surface area contributed by atoms with Gasteiger partial charge >= 0.3 is 0 Å². The van der Waals surface area contributed by atoms with Gasteiger partial charge in [-0.2, -0.15) is 0 Å². The van der Waals surface area contributed by atoms with E-state index in [9.17, 15) is 0 Å². The molecule has 1 heteroatoms. The summed E-state index contributed by atoms with van der Waals surface area (Å²) >= 11 is 0. The molecule has 0 atom stereocenters. The van der Waals surface area contributed by atoms with Gasteiger partial charge in [-0.05, 0) is 5.56 Å². The van der Waals surface area contributed by atoms with Crippen LogP contribution in [0.4, 0.5) is 0 Å². The van der Waals surface area contributed by atoms with E-state index in [-0.39, 0.29) is 0 Å². The molecule has 0 heterocycles. The normalized spacial score (nSPS) is 10.4. The van der Waals surface area contributed by atoms with Crippen LogP contribution in [0.3, 0.4) is 0 Å². The van der Waals surface area contributed by atoms with Gasteiger partial charge in [0.05, 0.1) is 0 Å². The number of hydrogen-bond donors (Lipinski definition) is 1. The molecular formula is C25H47N. The Morgan fingerprint density at radius 1 is 0.500 bits per heavy atom. The van der Waals surface area contributed by atoms with Crippen LogP contribution >= 0.6 is 0 Å². The summed E-state index contributed by atoms with van der Waals surface area (Å²) in [5.74, 6) is 0. The van der Waals surface area contributed by atoms with Crippen molar-refractivity contribution in [2.75, 3.05) is 0 Å². The van der Waals surface area contributed by atoms with E-state index in [0.29, 0.717) is 6.54 Å². The van der Waals surface area contributed by atoms with Gasteiger partial charge in [-0.3, -0.25) is 0 Å². The van der Waals surface area contributed by atoms with Crippen molar-refractivity contribution in [1.82, 2.24) is 0 Å². The van der Waals surface area contributed by atoms with Crippen molar-refractivity contribution >= 4 is 0 Å². The first-order chi connectivity index (χ1) is 12.8. The molecule has 2 N–H and O–H groups in total. The van der Waals surface area contributed by atoms with Crippen LogP contribution in [0.5, 0.6) is 0 Å². The van der Waals surface area contributed by atoms with E-state index >= 15 is 0 Å². The first-order valence-corrected chi connectivity index (χ1v) is 11.6. The van der Waals surface area contributed by atoms with Gasteiger partial charge < -0.3 is 5.73 Å². The Morgan fingerprint density at radius 2 is 0.808 bits per heavy atom. The lowest BCUT2D eigenvalue weighted by molar-refractivity contribution is 0.531. The van der Waals surface area contributed by atoms with Crippen LogP contribution < -0.4 is 5.73 Å². The van der Waals surface area contributed by atoms with Crippen LogP contribution in [0.2, 0.25) is 0 Å². The molecule has 0 aliphatic heterocycles. The van der Waals surface area contributed by atoms with Crippen molar-refractivity contribution in [3.63, 3.8) is 0 Å². The largest absolute Gasteiger partial charge is 0.326 e. The number of hydrogen-bond acceptors (Lipinski definition) is 1. The van der Waals surface area contributed by atoms with Gasteiger partial charge in [0.25, 0.3) is 0 Å². The molecular weight excluding hydrogens is 314 g/mol. The summed E-state index contributed by atoms with van der Waals surface area (Å²) in [4.78, 5) is 0. The van der Waals surface area contributed by atoms with Gasteiger partial charge in [-0.15, -0.1) is 0 Å². The molecule has 0 radical (unpaired) electrons. The van der Waals surface area contributed by atoms with Gasteiger partial charge in [0.1, 0.15) is 0 Å². The molecule has 0 fully saturated rings. The smallest absolute Gasteiger partial charge is 0.0178 e. The highest BCUT2D eigenvalue weighted by atomic mass is 14.5. The molecule has 0 unspecified atom stereocenters. The van der Waals surface area contributed by atoms with E-state index < -0.39 is 0 Å². The van der Waals surface area contributed by atoms with Crippen LogP contribution in [0.25, 0.3) is 0 Å². The van der Waals surface area contributed by atoms with Gasteiger partial charge in [0.2, 0.25) is 0 Å². The maximum atomic E-state index is 5.35. The van der Waals surface area contributed by atoms with Crippen molar-refractivity contribution in [3.05, 3.63) is 35.9 Å². The van der Waals surface area contributed by atoms with Crippen molar-refractivity contribution in [3.8, 4) is 0 Å². The predicted octanol–water partition coefficient (Wildman–Crippen LogP) is 8.41. The fourth-order valence-electron chi connectivity index (χ4n) is 3.24. The maximum Gasteiger partial charge on any atom is 0.0178 e. The van der Waals surface area contributed by atoms with E-state index in [1.165, 1.54) is 108 Å². The lowest BCUT2D eigenvalue weighted by Crippen LogP contribution is -1.94. The SMILES string of the molecule is CCCCCCCCCCCCCCCCCC.NCc1ccccc1. The van der Waals surface area contributed by atoms with Crippen LogP contribution in [-0.2, 0) is 6.54 Å². The number of nitrogens with two attached hydrogens (primary N) is 1. The monoisotopic (exact) mass is 361 g/mol. The Balaban J connectivity index is 0.000000642. The van der Waals surface area contributed by atoms with Gasteiger partial charge in [-0.1, -0.05) is 147 Å². The summed E-state index contributed by atoms with van der Waals surface area (Å²) in [5, 5.41) is 0. The van der Waals surface area contributed by atoms with E-state index in [0.717, 1.165) is 0 Å². The lowest BCUT2D eigenvalue weighted by atomic mass is 10.0. The molecule has 1 nitrogen and oxygen atoms in total. The third-order valence-electron chi connectivity index (χ3n) is 5.04. The van der Waals surface area contributed by atoms with E-state index in [2.05, 4.69) is 13.8 Å². The van der Waals surface area contributed by atoms with Crippen molar-refractivity contribution in [2.45, 2.75) is 123 Å². The molecule has 0 aromatic heterocycles. The van der Waals surface area contributed by atoms with Crippen LogP contribution in [-0.4, -0.2) is 0 Å². The average molecular weight is 362 g/mol. The average Bonchev–Trinajstić information content (AvgIpc) is 2.69. The number of rotatable bonds is 16. The molecule has 0 saturated heterocycles. The summed E-state index contributed by atoms with van der Waals surface area (Å²) < 4.78 is 0. The molecule has 0 spiro atoms. The minimum atomic E-state index is 0.640. The van der Waals surface area contributed by atoms with E-state index in [1.54, 1.807) is 0 Å². The quantitative estimate of drug-likeness (QED) is 0.294. The fraction of sp³-hybridized carbons (Fsp3) is 0.760. The number of unbranched alkanes of at least 4 members (excludes halogenated alkanes) is 15. The second kappa shape index (κ2) is 22.2. The third-order valence-corrected chi connectivity index (χ3v) is 5.04. The van der Waals surface area contributed by atoms with Gasteiger partial charge in [-0.25, -0.2) is 0 Å². The fourth-order valence-corrected chi connectivity index (χ4v) is 3.24. The zero-order valence-electron chi connectivity index (χ0n) is 18.0. The maximum absolute atomic E-state index is 5.35. The second-order valence-corrected chi connectivity index (χ2v) is 7.64. The molecule has 0 saturated carbocycles. The van der Waals surface area contributed by atoms with Crippen molar-refractivity contribution in [1.29, 1.82) is 0 Å². The summed E-state index contributed by atoms with van der Waals surface area (Å²) in [7, 11) is 0. The topological polar surface area (TPSA) is 26.0 Å². The summed E-state index contributed by atoms with van der Waals surface area (Å²) in [5.41, 5.74) is 6.54. The first kappa shape index (κ1) is 25.2. The highest BCUT2D eigenvalue weighted by Crippen LogP contribution is 2.13. The van der Waals surface area contributed by atoms with E-state index in [4.69, 9.17) is 5.73 Å². The Morgan fingerprint density at radius 3 is 1.04 bits per heavy atom. The predicted molar refractivity (Wildman–Crippen MR) is 120 cm³/mol. The highest BCUT2D eigenvalue weighted by molar-refractivity contribution is 5.13. The molecule has 1 aromatic rings. The molecule has 152 valence electrons. The third kappa shape index (κ3) is 19.5. The van der Waals surface area contributed by atoms with Crippen LogP contribution in [0, 0.1) is 0 Å². The molecule has 1 aromatic carbocycles. The van der Waals surface area contributed by atoms with Gasteiger partial charge in [0, 0.05) is 6.54 Å². The molecule has 1 rings (SSSR count). The van der Waals surface area contributed by atoms with E-state index in [1.807, 2.05) is 30.3 Å². The Kier molecular flexibility index (Phi) is 21.5. The molecule has 26 heavy (non-hydrogen) atoms. The van der Waals surface area contributed by atoms with Crippen molar-refractivity contribution in [2.24, 2.45) is 5.73 Å².